The molecule has 1 fully saturated rings. The van der Waals surface area contributed by atoms with E-state index in [1.54, 1.807) is 11.0 Å². The van der Waals surface area contributed by atoms with Crippen molar-refractivity contribution in [3.63, 3.8) is 0 Å². The van der Waals surface area contributed by atoms with E-state index in [4.69, 9.17) is 0 Å². The highest BCUT2D eigenvalue weighted by molar-refractivity contribution is 5.85. The van der Waals surface area contributed by atoms with Gasteiger partial charge in [0, 0.05) is 26.7 Å². The maximum absolute atomic E-state index is 4.32. The molecule has 0 spiro atoms. The van der Waals surface area contributed by atoms with Crippen LogP contribution in [0.5, 0.6) is 0 Å². The average Bonchev–Trinajstić information content (AvgIpc) is 2.82. The van der Waals surface area contributed by atoms with E-state index in [1.165, 1.54) is 25.9 Å². The molecule has 0 radical (unpaired) electrons. The highest BCUT2D eigenvalue weighted by atomic mass is 15.3. The second-order valence-corrected chi connectivity index (χ2v) is 5.70. The SMILES string of the molecule is CC1CCCN(CCNc2ncnc3c2cnn3C)C1. The van der Waals surface area contributed by atoms with Crippen molar-refractivity contribution < 1.29 is 0 Å². The predicted octanol–water partition coefficient (Wildman–Crippen LogP) is 1.51. The summed E-state index contributed by atoms with van der Waals surface area (Å²) in [7, 11) is 1.90. The molecule has 1 unspecified atom stereocenters. The van der Waals surface area contributed by atoms with E-state index in [1.807, 2.05) is 13.2 Å². The number of nitrogens with one attached hydrogen (secondary N) is 1. The largest absolute Gasteiger partial charge is 0.368 e. The maximum atomic E-state index is 4.32. The second-order valence-electron chi connectivity index (χ2n) is 5.70. The molecule has 20 heavy (non-hydrogen) atoms. The quantitative estimate of drug-likeness (QED) is 0.915. The second kappa shape index (κ2) is 5.75. The average molecular weight is 274 g/mol. The fourth-order valence-corrected chi connectivity index (χ4v) is 2.93. The van der Waals surface area contributed by atoms with Crippen molar-refractivity contribution in [1.82, 2.24) is 24.6 Å². The Kier molecular flexibility index (Phi) is 3.82. The molecule has 1 saturated heterocycles. The molecule has 6 nitrogen and oxygen atoms in total. The van der Waals surface area contributed by atoms with Crippen LogP contribution in [0.15, 0.2) is 12.5 Å². The lowest BCUT2D eigenvalue weighted by Crippen LogP contribution is -2.37. The number of aryl methyl sites for hydroxylation is 1. The van der Waals surface area contributed by atoms with Gasteiger partial charge in [-0.15, -0.1) is 0 Å². The molecule has 2 aromatic heterocycles. The van der Waals surface area contributed by atoms with Crippen LogP contribution in [0, 0.1) is 5.92 Å². The number of hydrogen-bond acceptors (Lipinski definition) is 5. The standard InChI is InChI=1S/C14H22N6/c1-11-4-3-6-20(9-11)7-5-15-13-12-8-18-19(2)14(12)17-10-16-13/h8,10-11H,3-7,9H2,1-2H3,(H,15,16,17). The number of aromatic nitrogens is 4. The maximum Gasteiger partial charge on any atom is 0.163 e. The first-order chi connectivity index (χ1) is 9.74. The topological polar surface area (TPSA) is 58.9 Å². The van der Waals surface area contributed by atoms with Crippen LogP contribution < -0.4 is 5.32 Å². The fraction of sp³-hybridized carbons (Fsp3) is 0.643. The summed E-state index contributed by atoms with van der Waals surface area (Å²) in [6.45, 7) is 6.75. The van der Waals surface area contributed by atoms with Crippen molar-refractivity contribution >= 4 is 16.9 Å². The Bertz CT molecular complexity index is 578. The molecule has 1 N–H and O–H groups in total. The van der Waals surface area contributed by atoms with Gasteiger partial charge in [-0.1, -0.05) is 6.92 Å². The zero-order chi connectivity index (χ0) is 13.9. The molecule has 0 saturated carbocycles. The van der Waals surface area contributed by atoms with E-state index in [-0.39, 0.29) is 0 Å². The summed E-state index contributed by atoms with van der Waals surface area (Å²) in [5.41, 5.74) is 0.870. The van der Waals surface area contributed by atoms with Crippen molar-refractivity contribution in [2.24, 2.45) is 13.0 Å². The van der Waals surface area contributed by atoms with Gasteiger partial charge in [-0.25, -0.2) is 9.97 Å². The number of fused-ring (bicyclic) bond motifs is 1. The lowest BCUT2D eigenvalue weighted by Gasteiger charge is -2.30. The van der Waals surface area contributed by atoms with Gasteiger partial charge in [0.1, 0.15) is 12.1 Å². The first-order valence-electron chi connectivity index (χ1n) is 7.33. The Morgan fingerprint density at radius 3 is 3.15 bits per heavy atom. The molecule has 0 aliphatic carbocycles. The number of rotatable bonds is 4. The van der Waals surface area contributed by atoms with Crippen LogP contribution in [0.4, 0.5) is 5.82 Å². The van der Waals surface area contributed by atoms with Gasteiger partial charge in [0.2, 0.25) is 0 Å². The van der Waals surface area contributed by atoms with Gasteiger partial charge in [-0.2, -0.15) is 5.10 Å². The molecule has 0 amide bonds. The van der Waals surface area contributed by atoms with Crippen LogP contribution in [0.2, 0.25) is 0 Å². The van der Waals surface area contributed by atoms with Gasteiger partial charge in [-0.3, -0.25) is 4.68 Å². The smallest absolute Gasteiger partial charge is 0.163 e. The molecule has 1 aliphatic heterocycles. The Hall–Kier alpha value is -1.69. The van der Waals surface area contributed by atoms with E-state index < -0.39 is 0 Å². The van der Waals surface area contributed by atoms with Crippen LogP contribution in [-0.2, 0) is 7.05 Å². The summed E-state index contributed by atoms with van der Waals surface area (Å²) < 4.78 is 1.77. The summed E-state index contributed by atoms with van der Waals surface area (Å²) in [6.07, 6.45) is 6.10. The zero-order valence-electron chi connectivity index (χ0n) is 12.2. The molecule has 3 rings (SSSR count). The first kappa shape index (κ1) is 13.3. The van der Waals surface area contributed by atoms with Crippen LogP contribution in [0.3, 0.4) is 0 Å². The van der Waals surface area contributed by atoms with Crippen LogP contribution in [0.1, 0.15) is 19.8 Å². The Morgan fingerprint density at radius 1 is 1.40 bits per heavy atom. The third-order valence-electron chi connectivity index (χ3n) is 3.99. The molecule has 6 heteroatoms. The minimum Gasteiger partial charge on any atom is -0.368 e. The summed E-state index contributed by atoms with van der Waals surface area (Å²) in [4.78, 5) is 11.1. The minimum atomic E-state index is 0.827. The Labute approximate surface area is 119 Å². The van der Waals surface area contributed by atoms with E-state index >= 15 is 0 Å². The van der Waals surface area contributed by atoms with E-state index in [9.17, 15) is 0 Å². The lowest BCUT2D eigenvalue weighted by atomic mass is 10.0. The summed E-state index contributed by atoms with van der Waals surface area (Å²) in [5.74, 6) is 1.71. The highest BCUT2D eigenvalue weighted by Crippen LogP contribution is 2.18. The monoisotopic (exact) mass is 274 g/mol. The molecular weight excluding hydrogens is 252 g/mol. The predicted molar refractivity (Wildman–Crippen MR) is 79.6 cm³/mol. The molecule has 3 heterocycles. The van der Waals surface area contributed by atoms with Crippen LogP contribution >= 0.6 is 0 Å². The number of piperidine rings is 1. The van der Waals surface area contributed by atoms with Crippen molar-refractivity contribution in [1.29, 1.82) is 0 Å². The normalized spacial score (nSPS) is 20.4. The fourth-order valence-electron chi connectivity index (χ4n) is 2.93. The molecular formula is C14H22N6. The van der Waals surface area contributed by atoms with Crippen molar-refractivity contribution in [2.45, 2.75) is 19.8 Å². The number of likely N-dealkylation sites (tertiary alicyclic amines) is 1. The van der Waals surface area contributed by atoms with E-state index in [0.29, 0.717) is 0 Å². The minimum absolute atomic E-state index is 0.827. The molecule has 0 bridgehead atoms. The van der Waals surface area contributed by atoms with Gasteiger partial charge in [0.05, 0.1) is 11.6 Å². The Balaban J connectivity index is 1.60. The van der Waals surface area contributed by atoms with Gasteiger partial charge >= 0.3 is 0 Å². The summed E-state index contributed by atoms with van der Waals surface area (Å²) in [6, 6.07) is 0. The van der Waals surface area contributed by atoms with Crippen molar-refractivity contribution in [2.75, 3.05) is 31.5 Å². The Morgan fingerprint density at radius 2 is 2.30 bits per heavy atom. The van der Waals surface area contributed by atoms with Gasteiger partial charge in [-0.05, 0) is 25.3 Å². The summed E-state index contributed by atoms with van der Waals surface area (Å²) >= 11 is 0. The van der Waals surface area contributed by atoms with Crippen LogP contribution in [0.25, 0.3) is 11.0 Å². The van der Waals surface area contributed by atoms with Crippen LogP contribution in [-0.4, -0.2) is 50.8 Å². The molecule has 2 aromatic rings. The number of nitrogens with zero attached hydrogens (tertiary/aromatic N) is 5. The first-order valence-corrected chi connectivity index (χ1v) is 7.33. The highest BCUT2D eigenvalue weighted by Gasteiger charge is 2.15. The molecule has 0 aromatic carbocycles. The molecule has 1 atom stereocenters. The van der Waals surface area contributed by atoms with Gasteiger partial charge < -0.3 is 10.2 Å². The third kappa shape index (κ3) is 2.75. The van der Waals surface area contributed by atoms with E-state index in [2.05, 4.69) is 32.2 Å². The number of anilines is 1. The van der Waals surface area contributed by atoms with Crippen molar-refractivity contribution in [3.05, 3.63) is 12.5 Å². The van der Waals surface area contributed by atoms with Gasteiger partial charge in [0.15, 0.2) is 5.65 Å². The molecule has 1 aliphatic rings. The lowest BCUT2D eigenvalue weighted by molar-refractivity contribution is 0.190. The van der Waals surface area contributed by atoms with E-state index in [0.717, 1.165) is 35.9 Å². The molecule has 108 valence electrons. The van der Waals surface area contributed by atoms with Crippen molar-refractivity contribution in [3.8, 4) is 0 Å². The number of hydrogen-bond donors (Lipinski definition) is 1. The third-order valence-corrected chi connectivity index (χ3v) is 3.99. The zero-order valence-corrected chi connectivity index (χ0v) is 12.2. The van der Waals surface area contributed by atoms with Gasteiger partial charge in [0.25, 0.3) is 0 Å². The summed E-state index contributed by atoms with van der Waals surface area (Å²) in [5, 5.41) is 8.63.